The van der Waals surface area contributed by atoms with Crippen molar-refractivity contribution in [3.8, 4) is 0 Å². The molecule has 3 N–H and O–H groups in total. The number of nitrogens with zero attached hydrogens (tertiary/aromatic N) is 2. The van der Waals surface area contributed by atoms with Gasteiger partial charge in [0.25, 0.3) is 5.91 Å². The molecule has 0 bridgehead atoms. The molecule has 0 saturated carbocycles. The van der Waals surface area contributed by atoms with Crippen LogP contribution in [0.3, 0.4) is 0 Å². The third-order valence-electron chi connectivity index (χ3n) is 3.90. The molecule has 120 valence electrons. The Balaban J connectivity index is 1.56. The van der Waals surface area contributed by atoms with Gasteiger partial charge in [-0.2, -0.15) is 0 Å². The summed E-state index contributed by atoms with van der Waals surface area (Å²) in [6.45, 7) is 0. The summed E-state index contributed by atoms with van der Waals surface area (Å²) in [5.74, 6) is -0.107. The molecular weight excluding hydrogens is 330 g/mol. The summed E-state index contributed by atoms with van der Waals surface area (Å²) < 4.78 is 0. The van der Waals surface area contributed by atoms with Crippen molar-refractivity contribution in [2.75, 3.05) is 5.32 Å². The van der Waals surface area contributed by atoms with E-state index in [1.54, 1.807) is 30.6 Å². The van der Waals surface area contributed by atoms with E-state index in [0.717, 1.165) is 10.9 Å². The predicted octanol–water partition coefficient (Wildman–Crippen LogP) is 1.90. The van der Waals surface area contributed by atoms with Crippen molar-refractivity contribution in [1.82, 2.24) is 20.3 Å². The van der Waals surface area contributed by atoms with Crippen molar-refractivity contribution < 1.29 is 9.59 Å². The molecule has 3 aromatic rings. The number of amides is 2. The second-order valence-electron chi connectivity index (χ2n) is 5.51. The van der Waals surface area contributed by atoms with Crippen molar-refractivity contribution in [2.24, 2.45) is 0 Å². The maximum absolute atomic E-state index is 12.4. The lowest BCUT2D eigenvalue weighted by Crippen LogP contribution is -2.47. The van der Waals surface area contributed by atoms with Gasteiger partial charge in [-0.05, 0) is 23.8 Å². The number of H-pyrrole nitrogens is 1. The standard InChI is InChI=1S/C16H12ClN5O2/c17-13-6-9-5-10(20-12(9)7-19-13)15(23)21-11-4-8-2-1-3-18-14(8)22-16(11)24/h1-3,5-7,11,20H,4H2,(H,21,23)(H,18,22,24). The summed E-state index contributed by atoms with van der Waals surface area (Å²) in [7, 11) is 0. The van der Waals surface area contributed by atoms with Gasteiger partial charge in [0.2, 0.25) is 5.91 Å². The van der Waals surface area contributed by atoms with Gasteiger partial charge in [0.05, 0.1) is 11.7 Å². The number of carbonyl (C=O) groups excluding carboxylic acids is 2. The van der Waals surface area contributed by atoms with Crippen molar-refractivity contribution in [3.63, 3.8) is 0 Å². The maximum Gasteiger partial charge on any atom is 0.268 e. The van der Waals surface area contributed by atoms with Crippen LogP contribution in [-0.4, -0.2) is 32.8 Å². The van der Waals surface area contributed by atoms with Crippen molar-refractivity contribution in [3.05, 3.63) is 53.1 Å². The number of hydrogen-bond acceptors (Lipinski definition) is 4. The Morgan fingerprint density at radius 1 is 1.33 bits per heavy atom. The largest absolute Gasteiger partial charge is 0.349 e. The first kappa shape index (κ1) is 14.6. The van der Waals surface area contributed by atoms with Crippen molar-refractivity contribution in [2.45, 2.75) is 12.5 Å². The SMILES string of the molecule is O=C(NC1Cc2cccnc2NC1=O)c1cc2cc(Cl)ncc2[nH]1. The maximum atomic E-state index is 12.4. The minimum atomic E-state index is -0.651. The van der Waals surface area contributed by atoms with E-state index >= 15 is 0 Å². The molecule has 8 heteroatoms. The number of nitrogens with one attached hydrogen (secondary N) is 3. The number of aromatic amines is 1. The highest BCUT2D eigenvalue weighted by atomic mass is 35.5. The third kappa shape index (κ3) is 2.59. The van der Waals surface area contributed by atoms with Crippen molar-refractivity contribution in [1.29, 1.82) is 0 Å². The Morgan fingerprint density at radius 3 is 3.08 bits per heavy atom. The average Bonchev–Trinajstić information content (AvgIpc) is 2.98. The van der Waals surface area contributed by atoms with Crippen LogP contribution >= 0.6 is 11.6 Å². The van der Waals surface area contributed by atoms with Crippen LogP contribution in [0.2, 0.25) is 5.15 Å². The molecule has 0 aliphatic carbocycles. The van der Waals surface area contributed by atoms with Crippen LogP contribution in [0.15, 0.2) is 36.7 Å². The second-order valence-corrected chi connectivity index (χ2v) is 5.90. The molecule has 0 aromatic carbocycles. The van der Waals surface area contributed by atoms with E-state index in [2.05, 4.69) is 25.6 Å². The van der Waals surface area contributed by atoms with Crippen LogP contribution < -0.4 is 10.6 Å². The van der Waals surface area contributed by atoms with E-state index < -0.39 is 6.04 Å². The van der Waals surface area contributed by atoms with Crippen LogP contribution in [0, 0.1) is 0 Å². The molecule has 0 spiro atoms. The van der Waals surface area contributed by atoms with Crippen LogP contribution in [0.1, 0.15) is 16.1 Å². The molecule has 0 radical (unpaired) electrons. The Kier molecular flexibility index (Phi) is 3.42. The van der Waals surface area contributed by atoms with E-state index in [1.165, 1.54) is 0 Å². The lowest BCUT2D eigenvalue weighted by molar-refractivity contribution is -0.118. The summed E-state index contributed by atoms with van der Waals surface area (Å²) in [5.41, 5.74) is 1.93. The number of rotatable bonds is 2. The lowest BCUT2D eigenvalue weighted by Gasteiger charge is -2.24. The summed E-state index contributed by atoms with van der Waals surface area (Å²) in [6, 6.07) is 6.36. The number of carbonyl (C=O) groups is 2. The van der Waals surface area contributed by atoms with Crippen LogP contribution in [0.25, 0.3) is 10.9 Å². The van der Waals surface area contributed by atoms with E-state index in [0.29, 0.717) is 28.6 Å². The molecule has 0 saturated heterocycles. The zero-order chi connectivity index (χ0) is 16.7. The molecule has 1 unspecified atom stereocenters. The molecule has 4 heterocycles. The van der Waals surface area contributed by atoms with E-state index in [1.807, 2.05) is 6.07 Å². The Hall–Kier alpha value is -2.93. The molecule has 1 aliphatic rings. The van der Waals surface area contributed by atoms with Gasteiger partial charge in [0.15, 0.2) is 0 Å². The Morgan fingerprint density at radius 2 is 2.21 bits per heavy atom. The summed E-state index contributed by atoms with van der Waals surface area (Å²) >= 11 is 5.85. The van der Waals surface area contributed by atoms with Gasteiger partial charge in [-0.15, -0.1) is 0 Å². The van der Waals surface area contributed by atoms with E-state index in [9.17, 15) is 9.59 Å². The molecule has 2 amide bonds. The van der Waals surface area contributed by atoms with Gasteiger partial charge in [-0.3, -0.25) is 9.59 Å². The van der Waals surface area contributed by atoms with Crippen molar-refractivity contribution >= 4 is 40.1 Å². The quantitative estimate of drug-likeness (QED) is 0.620. The van der Waals surface area contributed by atoms with Crippen LogP contribution in [-0.2, 0) is 11.2 Å². The normalized spacial score (nSPS) is 16.5. The van der Waals surface area contributed by atoms with Gasteiger partial charge in [-0.25, -0.2) is 9.97 Å². The first-order chi connectivity index (χ1) is 11.6. The fraction of sp³-hybridized carbons (Fsp3) is 0.125. The Labute approximate surface area is 141 Å². The molecule has 24 heavy (non-hydrogen) atoms. The minimum absolute atomic E-state index is 0.282. The highest BCUT2D eigenvalue weighted by molar-refractivity contribution is 6.30. The first-order valence-electron chi connectivity index (χ1n) is 7.30. The zero-order valence-corrected chi connectivity index (χ0v) is 13.1. The number of hydrogen-bond donors (Lipinski definition) is 3. The highest BCUT2D eigenvalue weighted by Gasteiger charge is 2.28. The molecule has 0 fully saturated rings. The monoisotopic (exact) mass is 341 g/mol. The number of anilines is 1. The Bertz CT molecular complexity index is 968. The number of aromatic nitrogens is 3. The fourth-order valence-electron chi connectivity index (χ4n) is 2.71. The molecular formula is C16H12ClN5O2. The molecule has 4 rings (SSSR count). The summed E-state index contributed by atoms with van der Waals surface area (Å²) in [6.07, 6.45) is 3.57. The van der Waals surface area contributed by atoms with E-state index in [4.69, 9.17) is 11.6 Å². The number of fused-ring (bicyclic) bond motifs is 2. The minimum Gasteiger partial charge on any atom is -0.349 e. The lowest BCUT2D eigenvalue weighted by atomic mass is 10.0. The average molecular weight is 342 g/mol. The number of halogens is 1. The summed E-state index contributed by atoms with van der Waals surface area (Å²) in [4.78, 5) is 35.6. The third-order valence-corrected chi connectivity index (χ3v) is 4.10. The first-order valence-corrected chi connectivity index (χ1v) is 7.68. The van der Waals surface area contributed by atoms with Gasteiger partial charge in [0.1, 0.15) is 22.7 Å². The summed E-state index contributed by atoms with van der Waals surface area (Å²) in [5, 5.41) is 6.57. The predicted molar refractivity (Wildman–Crippen MR) is 88.9 cm³/mol. The smallest absolute Gasteiger partial charge is 0.268 e. The van der Waals surface area contributed by atoms with Gasteiger partial charge in [-0.1, -0.05) is 17.7 Å². The van der Waals surface area contributed by atoms with Gasteiger partial charge < -0.3 is 15.6 Å². The van der Waals surface area contributed by atoms with Crippen LogP contribution in [0.5, 0.6) is 0 Å². The van der Waals surface area contributed by atoms with Crippen LogP contribution in [0.4, 0.5) is 5.82 Å². The van der Waals surface area contributed by atoms with Gasteiger partial charge in [0, 0.05) is 18.0 Å². The van der Waals surface area contributed by atoms with Gasteiger partial charge >= 0.3 is 0 Å². The molecule has 7 nitrogen and oxygen atoms in total. The number of pyridine rings is 2. The molecule has 3 aromatic heterocycles. The fourth-order valence-corrected chi connectivity index (χ4v) is 2.88. The second kappa shape index (κ2) is 5.61. The molecule has 1 atom stereocenters. The molecule has 1 aliphatic heterocycles. The van der Waals surface area contributed by atoms with E-state index in [-0.39, 0.29) is 11.8 Å². The highest BCUT2D eigenvalue weighted by Crippen LogP contribution is 2.21. The zero-order valence-electron chi connectivity index (χ0n) is 12.3. The topological polar surface area (TPSA) is 99.8 Å².